The first-order chi connectivity index (χ1) is 14.6. The average molecular weight is 402 g/mol. The molecule has 3 heterocycles. The molecule has 1 fully saturated rings. The second-order valence-corrected chi connectivity index (χ2v) is 7.68. The Labute approximate surface area is 177 Å². The lowest BCUT2D eigenvalue weighted by Crippen LogP contribution is -2.50. The Morgan fingerprint density at radius 2 is 1.70 bits per heavy atom. The van der Waals surface area contributed by atoms with E-state index in [4.69, 9.17) is 4.74 Å². The molecule has 0 N–H and O–H groups in total. The molecule has 0 bridgehead atoms. The van der Waals surface area contributed by atoms with Crippen molar-refractivity contribution in [2.75, 3.05) is 19.8 Å². The Hall–Kier alpha value is -3.18. The summed E-state index contributed by atoms with van der Waals surface area (Å²) in [5.41, 5.74) is 5.21. The van der Waals surface area contributed by atoms with Gasteiger partial charge in [-0.2, -0.15) is 5.10 Å². The summed E-state index contributed by atoms with van der Waals surface area (Å²) in [6, 6.07) is 21.4. The molecule has 3 aromatic rings. The van der Waals surface area contributed by atoms with Crippen LogP contribution in [0.4, 0.5) is 0 Å². The van der Waals surface area contributed by atoms with Crippen molar-refractivity contribution in [3.05, 3.63) is 106 Å². The van der Waals surface area contributed by atoms with Crippen LogP contribution in [0.2, 0.25) is 0 Å². The maximum Gasteiger partial charge on any atom is 0.203 e. The highest BCUT2D eigenvalue weighted by Crippen LogP contribution is 2.28. The zero-order valence-electron chi connectivity index (χ0n) is 17.3. The third-order valence-electron chi connectivity index (χ3n) is 5.62. The number of ether oxygens (including phenoxy) is 1. The summed E-state index contributed by atoms with van der Waals surface area (Å²) in [5.74, 6) is 0. The van der Waals surface area contributed by atoms with Crippen molar-refractivity contribution in [1.82, 2.24) is 14.7 Å². The first kappa shape index (κ1) is 20.1. The summed E-state index contributed by atoms with van der Waals surface area (Å²) in [5, 5.41) is 4.18. The van der Waals surface area contributed by atoms with Crippen LogP contribution >= 0.6 is 0 Å². The maximum atomic E-state index is 11.6. The summed E-state index contributed by atoms with van der Waals surface area (Å²) in [6.45, 7) is 8.97. The van der Waals surface area contributed by atoms with Gasteiger partial charge in [0.15, 0.2) is 0 Å². The van der Waals surface area contributed by atoms with Crippen LogP contribution in [0.15, 0.2) is 78.2 Å². The van der Waals surface area contributed by atoms with Crippen LogP contribution in [0, 0.1) is 6.92 Å². The predicted molar refractivity (Wildman–Crippen MR) is 119 cm³/mol. The molecule has 5 rings (SSSR count). The quantitative estimate of drug-likeness (QED) is 0.659. The molecule has 154 valence electrons. The molecular formula is C25H27N3O2. The Morgan fingerprint density at radius 3 is 2.33 bits per heavy atom. The fourth-order valence-electron chi connectivity index (χ4n) is 4.02. The highest BCUT2D eigenvalue weighted by Gasteiger charge is 2.32. The number of hydrogen-bond acceptors (Lipinski definition) is 4. The smallest absolute Gasteiger partial charge is 0.203 e. The lowest BCUT2D eigenvalue weighted by Gasteiger charge is -2.43. The summed E-state index contributed by atoms with van der Waals surface area (Å²) in [7, 11) is 0. The average Bonchev–Trinajstić information content (AvgIpc) is 2.78. The van der Waals surface area contributed by atoms with Gasteiger partial charge in [0.25, 0.3) is 0 Å². The van der Waals surface area contributed by atoms with Crippen LogP contribution in [0.25, 0.3) is 5.70 Å². The number of aromatic nitrogens is 2. The Morgan fingerprint density at radius 1 is 1.07 bits per heavy atom. The van der Waals surface area contributed by atoms with Gasteiger partial charge in [-0.1, -0.05) is 67.2 Å². The van der Waals surface area contributed by atoms with Gasteiger partial charge < -0.3 is 9.64 Å². The van der Waals surface area contributed by atoms with Crippen molar-refractivity contribution >= 4 is 5.70 Å². The van der Waals surface area contributed by atoms with E-state index in [1.807, 2.05) is 11.6 Å². The van der Waals surface area contributed by atoms with Gasteiger partial charge in [0.05, 0.1) is 43.4 Å². The van der Waals surface area contributed by atoms with Crippen molar-refractivity contribution in [3.63, 3.8) is 0 Å². The third kappa shape index (κ3) is 4.36. The molecule has 0 amide bonds. The van der Waals surface area contributed by atoms with Gasteiger partial charge in [-0.15, -0.1) is 0 Å². The van der Waals surface area contributed by atoms with Gasteiger partial charge in [-0.05, 0) is 24.5 Å². The van der Waals surface area contributed by atoms with Crippen LogP contribution in [0.1, 0.15) is 22.4 Å². The lowest BCUT2D eigenvalue weighted by atomic mass is 10.1. The summed E-state index contributed by atoms with van der Waals surface area (Å²) >= 11 is 0. The summed E-state index contributed by atoms with van der Waals surface area (Å²) in [6.07, 6.45) is 2.41. The molecule has 2 aliphatic rings. The van der Waals surface area contributed by atoms with Crippen molar-refractivity contribution < 1.29 is 4.74 Å². The summed E-state index contributed by atoms with van der Waals surface area (Å²) in [4.78, 5) is 13.9. The fraction of sp³-hybridized carbons (Fsp3) is 0.280. The zero-order chi connectivity index (χ0) is 20.9. The molecule has 5 heteroatoms. The van der Waals surface area contributed by atoms with Crippen molar-refractivity contribution in [1.29, 1.82) is 0 Å². The standard InChI is InChI=1S/C13H12.C12H15N3O2/c1-3-7-12(8-4-1)11-13-9-5-2-6-10-13;1-8-11(16)5-13-15-6-10-7-17-4-3-14(10)9(2)12(8)15/h1-10H,11H2;5,10H,2-4,6-7H2,1H3. The molecule has 1 saturated heterocycles. The number of nitrogens with zero attached hydrogens (tertiary/aromatic N) is 3. The number of morpholine rings is 1. The molecule has 1 atom stereocenters. The molecule has 0 radical (unpaired) electrons. The largest absolute Gasteiger partial charge is 0.377 e. The molecule has 0 aliphatic carbocycles. The van der Waals surface area contributed by atoms with E-state index in [0.717, 1.165) is 43.1 Å². The van der Waals surface area contributed by atoms with Gasteiger partial charge in [0, 0.05) is 12.1 Å². The van der Waals surface area contributed by atoms with Crippen molar-refractivity contribution in [2.45, 2.75) is 25.9 Å². The van der Waals surface area contributed by atoms with Crippen LogP contribution in [0.3, 0.4) is 0 Å². The normalized spacial score (nSPS) is 17.4. The molecule has 5 nitrogen and oxygen atoms in total. The van der Waals surface area contributed by atoms with E-state index in [-0.39, 0.29) is 11.5 Å². The lowest BCUT2D eigenvalue weighted by molar-refractivity contribution is 0.00831. The minimum absolute atomic E-state index is 0.0240. The van der Waals surface area contributed by atoms with Gasteiger partial charge in [0.1, 0.15) is 0 Å². The number of hydrogen-bond donors (Lipinski definition) is 0. The van der Waals surface area contributed by atoms with Crippen LogP contribution in [0.5, 0.6) is 0 Å². The van der Waals surface area contributed by atoms with Crippen molar-refractivity contribution in [3.8, 4) is 0 Å². The molecule has 2 aromatic carbocycles. The van der Waals surface area contributed by atoms with E-state index < -0.39 is 0 Å². The molecule has 30 heavy (non-hydrogen) atoms. The highest BCUT2D eigenvalue weighted by atomic mass is 16.5. The minimum atomic E-state index is -0.0240. The summed E-state index contributed by atoms with van der Waals surface area (Å²) < 4.78 is 7.34. The second kappa shape index (κ2) is 9.09. The first-order valence-corrected chi connectivity index (χ1v) is 10.3. The Bertz CT molecular complexity index is 1020. The van der Waals surface area contributed by atoms with E-state index in [1.165, 1.54) is 17.3 Å². The zero-order valence-corrected chi connectivity index (χ0v) is 17.3. The minimum Gasteiger partial charge on any atom is -0.377 e. The van der Waals surface area contributed by atoms with Gasteiger partial charge in [-0.25, -0.2) is 0 Å². The van der Waals surface area contributed by atoms with Crippen LogP contribution < -0.4 is 5.43 Å². The van der Waals surface area contributed by atoms with Gasteiger partial charge in [0.2, 0.25) is 5.43 Å². The van der Waals surface area contributed by atoms with E-state index in [0.29, 0.717) is 6.61 Å². The Balaban J connectivity index is 0.000000151. The van der Waals surface area contributed by atoms with E-state index in [9.17, 15) is 4.79 Å². The number of fused-ring (bicyclic) bond motifs is 2. The predicted octanol–water partition coefficient (Wildman–Crippen LogP) is 3.51. The van der Waals surface area contributed by atoms with Crippen LogP contribution in [-0.4, -0.2) is 40.5 Å². The molecule has 1 unspecified atom stereocenters. The van der Waals surface area contributed by atoms with E-state index in [1.54, 1.807) is 0 Å². The van der Waals surface area contributed by atoms with Crippen molar-refractivity contribution in [2.24, 2.45) is 0 Å². The molecule has 2 aliphatic heterocycles. The van der Waals surface area contributed by atoms with Crippen LogP contribution in [-0.2, 0) is 17.7 Å². The molecule has 0 saturated carbocycles. The number of rotatable bonds is 2. The molecule has 1 aromatic heterocycles. The van der Waals surface area contributed by atoms with Gasteiger partial charge >= 0.3 is 0 Å². The highest BCUT2D eigenvalue weighted by molar-refractivity contribution is 5.63. The Kier molecular flexibility index (Phi) is 6.10. The number of benzene rings is 2. The second-order valence-electron chi connectivity index (χ2n) is 7.68. The van der Waals surface area contributed by atoms with Gasteiger partial charge in [-0.3, -0.25) is 9.48 Å². The third-order valence-corrected chi connectivity index (χ3v) is 5.62. The molecular weight excluding hydrogens is 374 g/mol. The monoisotopic (exact) mass is 401 g/mol. The topological polar surface area (TPSA) is 47.4 Å². The van der Waals surface area contributed by atoms with E-state index >= 15 is 0 Å². The fourth-order valence-corrected chi connectivity index (χ4v) is 4.02. The molecule has 0 spiro atoms. The van der Waals surface area contributed by atoms with E-state index in [2.05, 4.69) is 77.2 Å². The first-order valence-electron chi connectivity index (χ1n) is 10.3. The SMILES string of the molecule is C=C1c2c(C)c(=O)cnn2CC2COCCN12.c1ccc(Cc2ccccc2)cc1. The maximum absolute atomic E-state index is 11.6.